The van der Waals surface area contributed by atoms with Crippen LogP contribution in [0.5, 0.6) is 0 Å². The SMILES string of the molecule is Cc1cc(C)c(C(=O)O)c(Nc2cc(Br)c(F)cc2F)n1. The molecule has 1 aromatic heterocycles. The van der Waals surface area contributed by atoms with Crippen molar-refractivity contribution < 1.29 is 18.7 Å². The van der Waals surface area contributed by atoms with E-state index >= 15 is 0 Å². The number of hydrogen-bond acceptors (Lipinski definition) is 3. The Labute approximate surface area is 128 Å². The topological polar surface area (TPSA) is 62.2 Å². The van der Waals surface area contributed by atoms with Crippen molar-refractivity contribution >= 4 is 33.4 Å². The molecule has 2 rings (SSSR count). The number of nitrogens with zero attached hydrogens (tertiary/aromatic N) is 1. The highest BCUT2D eigenvalue weighted by molar-refractivity contribution is 9.10. The molecule has 0 amide bonds. The lowest BCUT2D eigenvalue weighted by Gasteiger charge is -2.13. The lowest BCUT2D eigenvalue weighted by molar-refractivity contribution is 0.0697. The maximum absolute atomic E-state index is 13.8. The molecule has 0 unspecified atom stereocenters. The number of pyridine rings is 1. The Bertz CT molecular complexity index is 735. The fourth-order valence-electron chi connectivity index (χ4n) is 1.94. The average Bonchev–Trinajstić information content (AvgIpc) is 2.34. The van der Waals surface area contributed by atoms with Gasteiger partial charge < -0.3 is 10.4 Å². The molecule has 2 N–H and O–H groups in total. The Morgan fingerprint density at radius 3 is 2.52 bits per heavy atom. The van der Waals surface area contributed by atoms with Crippen molar-refractivity contribution in [3.05, 3.63) is 51.1 Å². The van der Waals surface area contributed by atoms with Gasteiger partial charge in [-0.3, -0.25) is 0 Å². The van der Waals surface area contributed by atoms with Crippen LogP contribution < -0.4 is 5.32 Å². The van der Waals surface area contributed by atoms with Gasteiger partial charge in [-0.25, -0.2) is 18.6 Å². The second-order valence-electron chi connectivity index (χ2n) is 4.48. The molecule has 4 nitrogen and oxygen atoms in total. The zero-order valence-corrected chi connectivity index (χ0v) is 12.8. The van der Waals surface area contributed by atoms with E-state index in [0.717, 1.165) is 0 Å². The summed E-state index contributed by atoms with van der Waals surface area (Å²) in [6, 6.07) is 3.51. The first-order valence-corrected chi connectivity index (χ1v) is 6.72. The molecule has 2 aromatic rings. The Kier molecular flexibility index (Phi) is 4.22. The standard InChI is InChI=1S/C14H11BrF2N2O2/c1-6-3-7(2)18-13(12(6)14(20)21)19-11-4-8(15)9(16)5-10(11)17/h3-5H,1-2H3,(H,18,19)(H,20,21). The minimum Gasteiger partial charge on any atom is -0.478 e. The second kappa shape index (κ2) is 5.77. The Morgan fingerprint density at radius 2 is 1.90 bits per heavy atom. The molecule has 0 radical (unpaired) electrons. The summed E-state index contributed by atoms with van der Waals surface area (Å²) < 4.78 is 27.0. The van der Waals surface area contributed by atoms with Crippen LogP contribution in [0.4, 0.5) is 20.3 Å². The molecular weight excluding hydrogens is 346 g/mol. The van der Waals surface area contributed by atoms with Gasteiger partial charge >= 0.3 is 5.97 Å². The monoisotopic (exact) mass is 356 g/mol. The van der Waals surface area contributed by atoms with Gasteiger partial charge in [-0.2, -0.15) is 0 Å². The molecule has 1 heterocycles. The third-order valence-corrected chi connectivity index (χ3v) is 3.43. The number of carboxylic acid groups (broad SMARTS) is 1. The fraction of sp³-hybridized carbons (Fsp3) is 0.143. The molecule has 1 aromatic carbocycles. The molecule has 0 saturated heterocycles. The number of hydrogen-bond donors (Lipinski definition) is 2. The van der Waals surface area contributed by atoms with E-state index < -0.39 is 17.6 Å². The van der Waals surface area contributed by atoms with E-state index in [4.69, 9.17) is 0 Å². The number of nitrogens with one attached hydrogen (secondary N) is 1. The first-order chi connectivity index (χ1) is 9.79. The number of benzene rings is 1. The largest absolute Gasteiger partial charge is 0.478 e. The maximum atomic E-state index is 13.8. The van der Waals surface area contributed by atoms with Gasteiger partial charge in [0.25, 0.3) is 0 Å². The van der Waals surface area contributed by atoms with Gasteiger partial charge in [0, 0.05) is 11.8 Å². The molecule has 0 bridgehead atoms. The van der Waals surface area contributed by atoms with Crippen molar-refractivity contribution in [2.75, 3.05) is 5.32 Å². The van der Waals surface area contributed by atoms with Crippen molar-refractivity contribution in [3.63, 3.8) is 0 Å². The third kappa shape index (κ3) is 3.18. The van der Waals surface area contributed by atoms with Crippen molar-refractivity contribution in [3.8, 4) is 0 Å². The molecule has 0 spiro atoms. The Balaban J connectivity index is 2.54. The minimum atomic E-state index is -1.18. The Morgan fingerprint density at radius 1 is 1.24 bits per heavy atom. The van der Waals surface area contributed by atoms with Crippen molar-refractivity contribution in [1.29, 1.82) is 0 Å². The van der Waals surface area contributed by atoms with Crippen LogP contribution in [0.3, 0.4) is 0 Å². The van der Waals surface area contributed by atoms with Gasteiger partial charge in [0.1, 0.15) is 23.0 Å². The lowest BCUT2D eigenvalue weighted by atomic mass is 10.1. The first kappa shape index (κ1) is 15.4. The van der Waals surface area contributed by atoms with Crippen molar-refractivity contribution in [2.45, 2.75) is 13.8 Å². The first-order valence-electron chi connectivity index (χ1n) is 5.92. The summed E-state index contributed by atoms with van der Waals surface area (Å²) in [6.45, 7) is 3.32. The highest BCUT2D eigenvalue weighted by atomic mass is 79.9. The number of carboxylic acids is 1. The van der Waals surface area contributed by atoms with E-state index in [9.17, 15) is 18.7 Å². The van der Waals surface area contributed by atoms with Crippen LogP contribution >= 0.6 is 15.9 Å². The van der Waals surface area contributed by atoms with Crippen molar-refractivity contribution in [1.82, 2.24) is 4.98 Å². The van der Waals surface area contributed by atoms with Crippen LogP contribution in [0.15, 0.2) is 22.7 Å². The van der Waals surface area contributed by atoms with Crippen LogP contribution in [-0.4, -0.2) is 16.1 Å². The van der Waals surface area contributed by atoms with Gasteiger partial charge in [0.05, 0.1) is 10.2 Å². The van der Waals surface area contributed by atoms with E-state index in [1.165, 1.54) is 6.07 Å². The average molecular weight is 357 g/mol. The third-order valence-electron chi connectivity index (χ3n) is 2.82. The van der Waals surface area contributed by atoms with Crippen LogP contribution in [0.1, 0.15) is 21.6 Å². The quantitative estimate of drug-likeness (QED) is 0.809. The van der Waals surface area contributed by atoms with E-state index in [1.54, 1.807) is 19.9 Å². The normalized spacial score (nSPS) is 10.5. The summed E-state index contributed by atoms with van der Waals surface area (Å²) in [4.78, 5) is 15.4. The molecule has 0 atom stereocenters. The number of aryl methyl sites for hydroxylation is 2. The van der Waals surface area contributed by atoms with Crippen LogP contribution in [-0.2, 0) is 0 Å². The molecule has 0 aliphatic rings. The number of rotatable bonds is 3. The molecule has 21 heavy (non-hydrogen) atoms. The number of halogens is 3. The zero-order valence-electron chi connectivity index (χ0n) is 11.2. The van der Waals surface area contributed by atoms with E-state index in [1.807, 2.05) is 0 Å². The summed E-state index contributed by atoms with van der Waals surface area (Å²) >= 11 is 2.95. The molecule has 0 saturated carbocycles. The highest BCUT2D eigenvalue weighted by Crippen LogP contribution is 2.28. The van der Waals surface area contributed by atoms with Gasteiger partial charge in [-0.15, -0.1) is 0 Å². The van der Waals surface area contributed by atoms with Gasteiger partial charge in [0.15, 0.2) is 0 Å². The molecule has 0 aliphatic heterocycles. The predicted molar refractivity (Wildman–Crippen MR) is 78.0 cm³/mol. The van der Waals surface area contributed by atoms with E-state index in [-0.39, 0.29) is 21.5 Å². The highest BCUT2D eigenvalue weighted by Gasteiger charge is 2.17. The zero-order chi connectivity index (χ0) is 15.7. The molecule has 0 fully saturated rings. The second-order valence-corrected chi connectivity index (χ2v) is 5.33. The summed E-state index contributed by atoms with van der Waals surface area (Å²) in [7, 11) is 0. The van der Waals surface area contributed by atoms with E-state index in [0.29, 0.717) is 17.3 Å². The molecule has 110 valence electrons. The van der Waals surface area contributed by atoms with Gasteiger partial charge in [-0.05, 0) is 47.5 Å². The van der Waals surface area contributed by atoms with Crippen LogP contribution in [0.2, 0.25) is 0 Å². The smallest absolute Gasteiger partial charge is 0.339 e. The van der Waals surface area contributed by atoms with Crippen LogP contribution in [0, 0.1) is 25.5 Å². The number of aromatic nitrogens is 1. The minimum absolute atomic E-state index is 0.0115. The predicted octanol–water partition coefficient (Wildman–Crippen LogP) is 4.18. The van der Waals surface area contributed by atoms with Gasteiger partial charge in [0.2, 0.25) is 0 Å². The summed E-state index contributed by atoms with van der Waals surface area (Å²) in [5, 5.41) is 11.8. The molecular formula is C14H11BrF2N2O2. The summed E-state index contributed by atoms with van der Waals surface area (Å²) in [6.07, 6.45) is 0. The van der Waals surface area contributed by atoms with E-state index in [2.05, 4.69) is 26.2 Å². The maximum Gasteiger partial charge on any atom is 0.339 e. The van der Waals surface area contributed by atoms with Gasteiger partial charge in [-0.1, -0.05) is 0 Å². The Hall–Kier alpha value is -2.02. The van der Waals surface area contributed by atoms with Crippen molar-refractivity contribution in [2.24, 2.45) is 0 Å². The number of carbonyl (C=O) groups is 1. The molecule has 0 aliphatic carbocycles. The fourth-order valence-corrected chi connectivity index (χ4v) is 2.29. The van der Waals surface area contributed by atoms with Crippen LogP contribution in [0.25, 0.3) is 0 Å². The molecule has 7 heteroatoms. The number of anilines is 2. The number of aromatic carboxylic acids is 1. The lowest BCUT2D eigenvalue weighted by Crippen LogP contribution is -2.09. The summed E-state index contributed by atoms with van der Waals surface area (Å²) in [5.74, 6) is -2.75. The summed E-state index contributed by atoms with van der Waals surface area (Å²) in [5.41, 5.74) is 0.962.